The predicted octanol–water partition coefficient (Wildman–Crippen LogP) is 4.46. The molecule has 0 bridgehead atoms. The molecule has 3 aromatic rings. The van der Waals surface area contributed by atoms with Crippen LogP contribution in [0.1, 0.15) is 23.3 Å². The third kappa shape index (κ3) is 4.20. The zero-order chi connectivity index (χ0) is 19.3. The Labute approximate surface area is 169 Å². The van der Waals surface area contributed by atoms with Crippen LogP contribution in [-0.2, 0) is 0 Å². The summed E-state index contributed by atoms with van der Waals surface area (Å²) in [7, 11) is 0. The van der Waals surface area contributed by atoms with Crippen LogP contribution >= 0.6 is 11.6 Å². The maximum absolute atomic E-state index is 12.9. The largest absolute Gasteiger partial charge is 0.493 e. The van der Waals surface area contributed by atoms with Crippen molar-refractivity contribution in [3.63, 3.8) is 0 Å². The van der Waals surface area contributed by atoms with Crippen LogP contribution in [0.15, 0.2) is 66.9 Å². The topological polar surface area (TPSA) is 47.4 Å². The number of amides is 1. The number of carbonyl (C=O) groups is 1. The number of halogens is 1. The van der Waals surface area contributed by atoms with E-state index in [9.17, 15) is 4.79 Å². The standard InChI is InChI=1S/C22H22ClN3O2/c23-19-10-4-5-11-21(19)26-14-12-20(24-26)22(27)25-13-6-7-17(15-25)16-28-18-8-2-1-3-9-18/h1-5,8-12,14,17H,6-7,13,15-16H2. The molecule has 0 saturated carbocycles. The van der Waals surface area contributed by atoms with Gasteiger partial charge in [-0.2, -0.15) is 5.10 Å². The maximum Gasteiger partial charge on any atom is 0.274 e. The molecule has 28 heavy (non-hydrogen) atoms. The van der Waals surface area contributed by atoms with Gasteiger partial charge < -0.3 is 9.64 Å². The summed E-state index contributed by atoms with van der Waals surface area (Å²) in [5.74, 6) is 1.14. The Morgan fingerprint density at radius 1 is 1.11 bits per heavy atom. The van der Waals surface area contributed by atoms with Crippen molar-refractivity contribution in [3.8, 4) is 11.4 Å². The lowest BCUT2D eigenvalue weighted by Crippen LogP contribution is -2.41. The number of benzene rings is 2. The van der Waals surface area contributed by atoms with Gasteiger partial charge in [0.25, 0.3) is 5.91 Å². The summed E-state index contributed by atoms with van der Waals surface area (Å²) in [6, 6.07) is 19.0. The highest BCUT2D eigenvalue weighted by Crippen LogP contribution is 2.22. The highest BCUT2D eigenvalue weighted by Gasteiger charge is 2.26. The maximum atomic E-state index is 12.9. The van der Waals surface area contributed by atoms with Crippen molar-refractivity contribution in [1.29, 1.82) is 0 Å². The molecule has 4 rings (SSSR count). The number of para-hydroxylation sites is 2. The van der Waals surface area contributed by atoms with E-state index in [1.54, 1.807) is 16.9 Å². The number of nitrogens with zero attached hydrogens (tertiary/aromatic N) is 3. The van der Waals surface area contributed by atoms with Crippen molar-refractivity contribution in [2.45, 2.75) is 12.8 Å². The molecule has 0 N–H and O–H groups in total. The highest BCUT2D eigenvalue weighted by atomic mass is 35.5. The van der Waals surface area contributed by atoms with E-state index in [4.69, 9.17) is 16.3 Å². The van der Waals surface area contributed by atoms with Crippen LogP contribution in [0.25, 0.3) is 5.69 Å². The van der Waals surface area contributed by atoms with Crippen LogP contribution in [0.4, 0.5) is 0 Å². The van der Waals surface area contributed by atoms with Crippen LogP contribution in [0.3, 0.4) is 0 Å². The lowest BCUT2D eigenvalue weighted by Gasteiger charge is -2.32. The first-order valence-electron chi connectivity index (χ1n) is 9.48. The van der Waals surface area contributed by atoms with E-state index < -0.39 is 0 Å². The van der Waals surface area contributed by atoms with Crippen molar-refractivity contribution in [2.75, 3.05) is 19.7 Å². The monoisotopic (exact) mass is 395 g/mol. The lowest BCUT2D eigenvalue weighted by molar-refractivity contribution is 0.0627. The van der Waals surface area contributed by atoms with Gasteiger partial charge in [0.1, 0.15) is 5.75 Å². The molecule has 0 spiro atoms. The predicted molar refractivity (Wildman–Crippen MR) is 109 cm³/mol. The molecule has 6 heteroatoms. The zero-order valence-electron chi connectivity index (χ0n) is 15.5. The van der Waals surface area contributed by atoms with Crippen molar-refractivity contribution < 1.29 is 9.53 Å². The summed E-state index contributed by atoms with van der Waals surface area (Å²) in [5.41, 5.74) is 1.19. The second kappa shape index (κ2) is 8.48. The first-order valence-corrected chi connectivity index (χ1v) is 9.86. The van der Waals surface area contributed by atoms with Gasteiger partial charge in [0.2, 0.25) is 0 Å². The van der Waals surface area contributed by atoms with Crippen molar-refractivity contribution in [1.82, 2.24) is 14.7 Å². The molecule has 144 valence electrons. The second-order valence-corrected chi connectivity index (χ2v) is 7.39. The van der Waals surface area contributed by atoms with E-state index in [1.165, 1.54) is 0 Å². The van der Waals surface area contributed by atoms with Crippen LogP contribution in [0, 0.1) is 5.92 Å². The fourth-order valence-corrected chi connectivity index (χ4v) is 3.71. The first-order chi connectivity index (χ1) is 13.7. The Balaban J connectivity index is 1.40. The van der Waals surface area contributed by atoms with Gasteiger partial charge >= 0.3 is 0 Å². The van der Waals surface area contributed by atoms with Crippen LogP contribution in [-0.4, -0.2) is 40.3 Å². The van der Waals surface area contributed by atoms with E-state index in [0.29, 0.717) is 29.8 Å². The number of ether oxygens (including phenoxy) is 1. The number of rotatable bonds is 5. The fourth-order valence-electron chi connectivity index (χ4n) is 3.49. The molecular formula is C22H22ClN3O2. The SMILES string of the molecule is O=C(c1ccn(-c2ccccc2Cl)n1)N1CCCC(COc2ccccc2)C1. The molecule has 2 heterocycles. The number of carbonyl (C=O) groups excluding carboxylic acids is 1. The minimum absolute atomic E-state index is 0.0461. The Kier molecular flexibility index (Phi) is 5.63. The van der Waals surface area contributed by atoms with Gasteiger partial charge in [-0.05, 0) is 43.2 Å². The summed E-state index contributed by atoms with van der Waals surface area (Å²) < 4.78 is 7.53. The van der Waals surface area contributed by atoms with Crippen molar-refractivity contribution in [2.24, 2.45) is 5.92 Å². The van der Waals surface area contributed by atoms with E-state index in [1.807, 2.05) is 59.5 Å². The molecule has 1 unspecified atom stereocenters. The molecule has 1 aliphatic heterocycles. The number of likely N-dealkylation sites (tertiary alicyclic amines) is 1. The van der Waals surface area contributed by atoms with Crippen LogP contribution in [0.5, 0.6) is 5.75 Å². The number of aromatic nitrogens is 2. The summed E-state index contributed by atoms with van der Waals surface area (Å²) >= 11 is 6.23. The Bertz CT molecular complexity index is 942. The average Bonchev–Trinajstić information content (AvgIpc) is 3.23. The zero-order valence-corrected chi connectivity index (χ0v) is 16.3. The molecule has 0 radical (unpaired) electrons. The van der Waals surface area contributed by atoms with Crippen LogP contribution in [0.2, 0.25) is 5.02 Å². The van der Waals surface area contributed by atoms with Gasteiger partial charge in [-0.1, -0.05) is 41.9 Å². The van der Waals surface area contributed by atoms with Gasteiger partial charge in [0.05, 0.1) is 17.3 Å². The molecular weight excluding hydrogens is 374 g/mol. The van der Waals surface area contributed by atoms with Crippen molar-refractivity contribution in [3.05, 3.63) is 77.6 Å². The average molecular weight is 396 g/mol. The Morgan fingerprint density at radius 3 is 2.71 bits per heavy atom. The van der Waals surface area contributed by atoms with Gasteiger partial charge in [-0.3, -0.25) is 4.79 Å². The van der Waals surface area contributed by atoms with Gasteiger partial charge in [-0.15, -0.1) is 0 Å². The van der Waals surface area contributed by atoms with E-state index in [-0.39, 0.29) is 5.91 Å². The third-order valence-electron chi connectivity index (χ3n) is 4.94. The molecule has 1 fully saturated rings. The number of hydrogen-bond donors (Lipinski definition) is 0. The molecule has 1 aliphatic rings. The van der Waals surface area contributed by atoms with Gasteiger partial charge in [0.15, 0.2) is 5.69 Å². The smallest absolute Gasteiger partial charge is 0.274 e. The Hall–Kier alpha value is -2.79. The quantitative estimate of drug-likeness (QED) is 0.641. The summed E-state index contributed by atoms with van der Waals surface area (Å²) in [5, 5.41) is 5.04. The molecule has 1 saturated heterocycles. The van der Waals surface area contributed by atoms with E-state index >= 15 is 0 Å². The Morgan fingerprint density at radius 2 is 1.89 bits per heavy atom. The normalized spacial score (nSPS) is 16.8. The number of piperidine rings is 1. The molecule has 1 aromatic heterocycles. The first kappa shape index (κ1) is 18.6. The third-order valence-corrected chi connectivity index (χ3v) is 5.26. The fraction of sp³-hybridized carbons (Fsp3) is 0.273. The van der Waals surface area contributed by atoms with Crippen molar-refractivity contribution >= 4 is 17.5 Å². The molecule has 2 aromatic carbocycles. The summed E-state index contributed by atoms with van der Waals surface area (Å²) in [6.45, 7) is 2.05. The van der Waals surface area contributed by atoms with Gasteiger partial charge in [0, 0.05) is 25.2 Å². The second-order valence-electron chi connectivity index (χ2n) is 6.98. The van der Waals surface area contributed by atoms with Crippen LogP contribution < -0.4 is 4.74 Å². The molecule has 5 nitrogen and oxygen atoms in total. The van der Waals surface area contributed by atoms with E-state index in [2.05, 4.69) is 5.10 Å². The highest BCUT2D eigenvalue weighted by molar-refractivity contribution is 6.32. The van der Waals surface area contributed by atoms with Gasteiger partial charge in [-0.25, -0.2) is 4.68 Å². The lowest BCUT2D eigenvalue weighted by atomic mass is 9.98. The molecule has 0 aliphatic carbocycles. The molecule has 1 amide bonds. The summed E-state index contributed by atoms with van der Waals surface area (Å²) in [4.78, 5) is 14.8. The minimum atomic E-state index is -0.0461. The summed E-state index contributed by atoms with van der Waals surface area (Å²) in [6.07, 6.45) is 3.80. The molecule has 1 atom stereocenters. The minimum Gasteiger partial charge on any atom is -0.493 e. The number of hydrogen-bond acceptors (Lipinski definition) is 3. The van der Waals surface area contributed by atoms with E-state index in [0.717, 1.165) is 30.8 Å².